The number of nitro benzene ring substituents is 1. The van der Waals surface area contributed by atoms with E-state index in [-0.39, 0.29) is 30.9 Å². The van der Waals surface area contributed by atoms with Crippen molar-refractivity contribution in [3.63, 3.8) is 0 Å². The highest BCUT2D eigenvalue weighted by Gasteiger charge is 2.22. The molecule has 1 unspecified atom stereocenters. The van der Waals surface area contributed by atoms with Crippen molar-refractivity contribution in [1.82, 2.24) is 4.90 Å². The van der Waals surface area contributed by atoms with Gasteiger partial charge in [0.1, 0.15) is 18.5 Å². The highest BCUT2D eigenvalue weighted by Crippen LogP contribution is 2.19. The topological polar surface area (TPSA) is 108 Å². The van der Waals surface area contributed by atoms with Crippen LogP contribution in [0.15, 0.2) is 24.3 Å². The molecule has 1 aliphatic rings. The van der Waals surface area contributed by atoms with Crippen LogP contribution in [0.3, 0.4) is 0 Å². The zero-order valence-electron chi connectivity index (χ0n) is 11.4. The molecule has 1 aromatic carbocycles. The van der Waals surface area contributed by atoms with Crippen molar-refractivity contribution >= 4 is 11.6 Å². The van der Waals surface area contributed by atoms with Crippen molar-refractivity contribution in [2.24, 2.45) is 5.73 Å². The molecule has 0 aromatic heterocycles. The van der Waals surface area contributed by atoms with E-state index in [4.69, 9.17) is 15.2 Å². The number of rotatable bonds is 6. The molecule has 1 atom stereocenters. The summed E-state index contributed by atoms with van der Waals surface area (Å²) in [6, 6.07) is 5.98. The smallest absolute Gasteiger partial charge is 0.273 e. The molecule has 1 heterocycles. The number of benzene rings is 1. The standard InChI is InChI=1S/C13H17N3O5/c14-13(17)8-15-4-5-20-12(7-15)9-21-11-3-1-2-10(6-11)16(18)19/h1-3,6,12H,4-5,7-9H2,(H2,14,17). The number of hydrogen-bond donors (Lipinski definition) is 1. The Morgan fingerprint density at radius 1 is 1.57 bits per heavy atom. The third-order valence-electron chi connectivity index (χ3n) is 3.07. The second-order valence-corrected chi connectivity index (χ2v) is 4.76. The number of carbonyl (C=O) groups excluding carboxylic acids is 1. The Labute approximate surface area is 121 Å². The first-order valence-electron chi connectivity index (χ1n) is 6.54. The summed E-state index contributed by atoms with van der Waals surface area (Å²) in [6.45, 7) is 2.14. The molecule has 1 fully saturated rings. The van der Waals surface area contributed by atoms with E-state index in [2.05, 4.69) is 0 Å². The predicted octanol–water partition coefficient (Wildman–Crippen LogP) is 0.160. The lowest BCUT2D eigenvalue weighted by molar-refractivity contribution is -0.384. The first-order valence-corrected chi connectivity index (χ1v) is 6.54. The van der Waals surface area contributed by atoms with Crippen molar-refractivity contribution in [1.29, 1.82) is 0 Å². The fraction of sp³-hybridized carbons (Fsp3) is 0.462. The fourth-order valence-corrected chi connectivity index (χ4v) is 2.12. The molecular weight excluding hydrogens is 278 g/mol. The summed E-state index contributed by atoms with van der Waals surface area (Å²) < 4.78 is 11.1. The molecule has 8 heteroatoms. The molecule has 21 heavy (non-hydrogen) atoms. The minimum atomic E-state index is -0.474. The van der Waals surface area contributed by atoms with E-state index in [1.165, 1.54) is 12.1 Å². The summed E-state index contributed by atoms with van der Waals surface area (Å²) >= 11 is 0. The average molecular weight is 295 g/mol. The molecule has 2 rings (SSSR count). The van der Waals surface area contributed by atoms with Gasteiger partial charge < -0.3 is 15.2 Å². The minimum absolute atomic E-state index is 0.0209. The maximum absolute atomic E-state index is 10.9. The van der Waals surface area contributed by atoms with Gasteiger partial charge in [0.15, 0.2) is 0 Å². The number of morpholine rings is 1. The first-order chi connectivity index (χ1) is 10.0. The molecular formula is C13H17N3O5. The number of carbonyl (C=O) groups is 1. The Hall–Kier alpha value is -2.19. The zero-order chi connectivity index (χ0) is 15.2. The maximum Gasteiger partial charge on any atom is 0.273 e. The van der Waals surface area contributed by atoms with Crippen LogP contribution in [0.2, 0.25) is 0 Å². The highest BCUT2D eigenvalue weighted by atomic mass is 16.6. The quantitative estimate of drug-likeness (QED) is 0.591. The summed E-state index contributed by atoms with van der Waals surface area (Å²) in [6.07, 6.45) is -0.197. The molecule has 0 bridgehead atoms. The second-order valence-electron chi connectivity index (χ2n) is 4.76. The van der Waals surface area contributed by atoms with Crippen LogP contribution in [-0.2, 0) is 9.53 Å². The van der Waals surface area contributed by atoms with Gasteiger partial charge in [0.25, 0.3) is 5.69 Å². The molecule has 0 saturated carbocycles. The third kappa shape index (κ3) is 4.69. The number of non-ortho nitro benzene ring substituents is 1. The van der Waals surface area contributed by atoms with Crippen molar-refractivity contribution < 1.29 is 19.2 Å². The Balaban J connectivity index is 1.86. The van der Waals surface area contributed by atoms with Gasteiger partial charge in [-0.15, -0.1) is 0 Å². The first kappa shape index (κ1) is 15.2. The maximum atomic E-state index is 10.9. The van der Waals surface area contributed by atoms with E-state index in [1.807, 2.05) is 4.90 Å². The molecule has 8 nitrogen and oxygen atoms in total. The summed E-state index contributed by atoms with van der Waals surface area (Å²) in [5.41, 5.74) is 5.14. The lowest BCUT2D eigenvalue weighted by Gasteiger charge is -2.31. The largest absolute Gasteiger partial charge is 0.491 e. The number of nitro groups is 1. The zero-order valence-corrected chi connectivity index (χ0v) is 11.4. The van der Waals surface area contributed by atoms with E-state index >= 15 is 0 Å². The minimum Gasteiger partial charge on any atom is -0.491 e. The Morgan fingerprint density at radius 3 is 3.10 bits per heavy atom. The van der Waals surface area contributed by atoms with Gasteiger partial charge in [-0.1, -0.05) is 6.07 Å². The predicted molar refractivity (Wildman–Crippen MR) is 74.0 cm³/mol. The van der Waals surface area contributed by atoms with Gasteiger partial charge >= 0.3 is 0 Å². The monoisotopic (exact) mass is 295 g/mol. The molecule has 114 valence electrons. The third-order valence-corrected chi connectivity index (χ3v) is 3.07. The van der Waals surface area contributed by atoms with Gasteiger partial charge in [0, 0.05) is 19.2 Å². The number of hydrogen-bond acceptors (Lipinski definition) is 6. The summed E-state index contributed by atoms with van der Waals surface area (Å²) in [4.78, 5) is 23.0. The van der Waals surface area contributed by atoms with Crippen LogP contribution in [0.5, 0.6) is 5.75 Å². The van der Waals surface area contributed by atoms with Crippen LogP contribution in [0.25, 0.3) is 0 Å². The highest BCUT2D eigenvalue weighted by molar-refractivity contribution is 5.75. The number of ether oxygens (including phenoxy) is 2. The van der Waals surface area contributed by atoms with Gasteiger partial charge in [0.05, 0.1) is 24.1 Å². The van der Waals surface area contributed by atoms with Crippen LogP contribution >= 0.6 is 0 Å². The van der Waals surface area contributed by atoms with E-state index in [1.54, 1.807) is 12.1 Å². The molecule has 2 N–H and O–H groups in total. The SMILES string of the molecule is NC(=O)CN1CCOC(COc2cccc([N+](=O)[O-])c2)C1. The Morgan fingerprint density at radius 2 is 2.38 bits per heavy atom. The van der Waals surface area contributed by atoms with Crippen molar-refractivity contribution in [2.45, 2.75) is 6.10 Å². The van der Waals surface area contributed by atoms with E-state index < -0.39 is 4.92 Å². The van der Waals surface area contributed by atoms with Gasteiger partial charge in [0.2, 0.25) is 5.91 Å². The summed E-state index contributed by atoms with van der Waals surface area (Å²) in [5, 5.41) is 10.7. The molecule has 1 saturated heterocycles. The Bertz CT molecular complexity index is 522. The Kier molecular flexibility index (Phi) is 5.07. The van der Waals surface area contributed by atoms with Crippen molar-refractivity contribution in [3.8, 4) is 5.75 Å². The molecule has 1 aromatic rings. The summed E-state index contributed by atoms with van der Waals surface area (Å²) in [5.74, 6) is 0.0371. The lowest BCUT2D eigenvalue weighted by atomic mass is 10.2. The molecule has 0 aliphatic carbocycles. The van der Waals surface area contributed by atoms with Crippen molar-refractivity contribution in [2.75, 3.05) is 32.8 Å². The molecule has 0 radical (unpaired) electrons. The average Bonchev–Trinajstić information content (AvgIpc) is 2.45. The van der Waals surface area contributed by atoms with Crippen LogP contribution in [-0.4, -0.2) is 54.7 Å². The number of amides is 1. The van der Waals surface area contributed by atoms with E-state index in [9.17, 15) is 14.9 Å². The van der Waals surface area contributed by atoms with Crippen LogP contribution < -0.4 is 10.5 Å². The second kappa shape index (κ2) is 7.00. The molecule has 0 spiro atoms. The van der Waals surface area contributed by atoms with Crippen molar-refractivity contribution in [3.05, 3.63) is 34.4 Å². The number of nitrogens with two attached hydrogens (primary N) is 1. The molecule has 1 aliphatic heterocycles. The fourth-order valence-electron chi connectivity index (χ4n) is 2.12. The van der Waals surface area contributed by atoms with Gasteiger partial charge in [-0.3, -0.25) is 19.8 Å². The molecule has 1 amide bonds. The van der Waals surface area contributed by atoms with Gasteiger partial charge in [-0.05, 0) is 6.07 Å². The number of nitrogens with zero attached hydrogens (tertiary/aromatic N) is 2. The lowest BCUT2D eigenvalue weighted by Crippen LogP contribution is -2.47. The van der Waals surface area contributed by atoms with Crippen LogP contribution in [0.4, 0.5) is 5.69 Å². The van der Waals surface area contributed by atoms with E-state index in [0.29, 0.717) is 25.4 Å². The van der Waals surface area contributed by atoms with Gasteiger partial charge in [-0.2, -0.15) is 0 Å². The summed E-state index contributed by atoms with van der Waals surface area (Å²) in [7, 11) is 0. The normalized spacial score (nSPS) is 19.1. The van der Waals surface area contributed by atoms with Crippen LogP contribution in [0, 0.1) is 10.1 Å². The number of primary amides is 1. The van der Waals surface area contributed by atoms with E-state index in [0.717, 1.165) is 0 Å². The van der Waals surface area contributed by atoms with Gasteiger partial charge in [-0.25, -0.2) is 0 Å². The van der Waals surface area contributed by atoms with Crippen LogP contribution in [0.1, 0.15) is 0 Å².